The fourth-order valence-electron chi connectivity index (χ4n) is 3.95. The molecule has 1 aliphatic heterocycles. The molecular weight excluding hydrogens is 276 g/mol. The van der Waals surface area contributed by atoms with E-state index in [4.69, 9.17) is 9.47 Å². The van der Waals surface area contributed by atoms with Crippen LogP contribution in [0.4, 0.5) is 0 Å². The van der Waals surface area contributed by atoms with Gasteiger partial charge in [-0.05, 0) is 18.2 Å². The normalized spacial score (nSPS) is 21.7. The van der Waals surface area contributed by atoms with Crippen molar-refractivity contribution in [3.8, 4) is 0 Å². The highest BCUT2D eigenvalue weighted by atomic mass is 16.7. The first-order valence-corrected chi connectivity index (χ1v) is 7.97. The van der Waals surface area contributed by atoms with Gasteiger partial charge in [-0.3, -0.25) is 4.79 Å². The van der Waals surface area contributed by atoms with Crippen molar-refractivity contribution in [3.05, 3.63) is 53.3 Å². The van der Waals surface area contributed by atoms with Gasteiger partial charge in [-0.1, -0.05) is 42.8 Å². The largest absolute Gasteiger partial charge is 0.448 e. The van der Waals surface area contributed by atoms with E-state index in [1.165, 1.54) is 6.42 Å². The summed E-state index contributed by atoms with van der Waals surface area (Å²) in [7, 11) is 0. The highest BCUT2D eigenvalue weighted by Crippen LogP contribution is 2.49. The van der Waals surface area contributed by atoms with Crippen LogP contribution in [0.3, 0.4) is 0 Å². The third-order valence-electron chi connectivity index (χ3n) is 5.00. The quantitative estimate of drug-likeness (QED) is 0.721. The minimum Gasteiger partial charge on any atom is -0.448 e. The second-order valence-electron chi connectivity index (χ2n) is 6.37. The molecule has 0 unspecified atom stereocenters. The minimum absolute atomic E-state index is 0.0400. The molecule has 2 aromatic carbocycles. The number of allylic oxidation sites excluding steroid dienone is 1. The van der Waals surface area contributed by atoms with Gasteiger partial charge in [-0.25, -0.2) is 0 Å². The Hall–Kier alpha value is -2.29. The summed E-state index contributed by atoms with van der Waals surface area (Å²) in [6.07, 6.45) is 5.11. The lowest BCUT2D eigenvalue weighted by Crippen LogP contribution is -2.33. The molecule has 5 rings (SSSR count). The highest BCUT2D eigenvalue weighted by molar-refractivity contribution is 6.23. The monoisotopic (exact) mass is 292 g/mol. The molecule has 110 valence electrons. The summed E-state index contributed by atoms with van der Waals surface area (Å²) in [4.78, 5) is 12.8. The van der Waals surface area contributed by atoms with E-state index in [1.807, 2.05) is 36.4 Å². The molecule has 1 spiro atoms. The number of benzene rings is 2. The van der Waals surface area contributed by atoms with E-state index in [9.17, 15) is 4.79 Å². The third-order valence-corrected chi connectivity index (χ3v) is 5.00. The minimum atomic E-state index is -0.608. The van der Waals surface area contributed by atoms with Crippen molar-refractivity contribution >= 4 is 22.3 Å². The smallest absolute Gasteiger partial charge is 0.251 e. The summed E-state index contributed by atoms with van der Waals surface area (Å²) >= 11 is 0. The predicted octanol–water partition coefficient (Wildman–Crippen LogP) is 4.41. The Kier molecular flexibility index (Phi) is 2.30. The van der Waals surface area contributed by atoms with Crippen molar-refractivity contribution in [1.29, 1.82) is 0 Å². The zero-order chi connectivity index (χ0) is 14.7. The number of hydrogen-bond donors (Lipinski definition) is 0. The van der Waals surface area contributed by atoms with Gasteiger partial charge in [0.25, 0.3) is 5.79 Å². The van der Waals surface area contributed by atoms with Gasteiger partial charge in [-0.15, -0.1) is 0 Å². The number of carbonyl (C=O) groups excluding carboxylic acids is 1. The van der Waals surface area contributed by atoms with Crippen molar-refractivity contribution in [3.63, 3.8) is 0 Å². The first kappa shape index (κ1) is 12.3. The van der Waals surface area contributed by atoms with Crippen LogP contribution in [0.25, 0.3) is 16.5 Å². The van der Waals surface area contributed by atoms with Gasteiger partial charge in [0.15, 0.2) is 5.76 Å². The maximum atomic E-state index is 12.8. The lowest BCUT2D eigenvalue weighted by Gasteiger charge is -2.32. The second kappa shape index (κ2) is 4.13. The van der Waals surface area contributed by atoms with Crippen LogP contribution in [0.5, 0.6) is 0 Å². The van der Waals surface area contributed by atoms with Crippen LogP contribution in [0.2, 0.25) is 0 Å². The van der Waals surface area contributed by atoms with Gasteiger partial charge in [0.05, 0.1) is 0 Å². The number of hydrogen-bond acceptors (Lipinski definition) is 3. The zero-order valence-electron chi connectivity index (χ0n) is 12.2. The Balaban J connectivity index is 1.71. The molecule has 1 heterocycles. The molecule has 0 radical (unpaired) electrons. The summed E-state index contributed by atoms with van der Waals surface area (Å²) in [5, 5.41) is 2.06. The molecule has 1 saturated carbocycles. The Morgan fingerprint density at radius 1 is 0.818 bits per heavy atom. The fourth-order valence-corrected chi connectivity index (χ4v) is 3.95. The zero-order valence-corrected chi connectivity index (χ0v) is 12.2. The topological polar surface area (TPSA) is 35.5 Å². The number of carbonyl (C=O) groups is 1. The molecule has 0 N–H and O–H groups in total. The van der Waals surface area contributed by atoms with Crippen molar-refractivity contribution in [1.82, 2.24) is 0 Å². The highest BCUT2D eigenvalue weighted by Gasteiger charge is 2.48. The summed E-state index contributed by atoms with van der Waals surface area (Å²) in [5.74, 6) is 0.411. The lowest BCUT2D eigenvalue weighted by molar-refractivity contribution is -0.160. The number of fused-ring (bicyclic) bond motifs is 1. The second-order valence-corrected chi connectivity index (χ2v) is 6.37. The van der Waals surface area contributed by atoms with Crippen LogP contribution in [0, 0.1) is 0 Å². The molecule has 0 bridgehead atoms. The molecule has 2 aromatic rings. The number of Topliss-reactive ketones (excluding diaryl/α,β-unsaturated/α-hetero) is 1. The molecule has 0 amide bonds. The van der Waals surface area contributed by atoms with Gasteiger partial charge in [0, 0.05) is 29.4 Å². The standard InChI is InChI=1S/C19H16O3/c20-16-13-8-4-6-12-7-5-9-14(15(12)13)17-18(16)22-19(21-17)10-2-1-3-11-19/h4-9H,1-3,10-11H2. The molecule has 2 aliphatic carbocycles. The molecule has 3 heteroatoms. The SMILES string of the molecule is O=C1C2=C(OC3(CCCCC3)O2)c2cccc3cccc1c23. The molecule has 3 aliphatic rings. The van der Waals surface area contributed by atoms with Crippen LogP contribution in [-0.2, 0) is 9.47 Å². The molecule has 1 fully saturated rings. The van der Waals surface area contributed by atoms with Crippen LogP contribution >= 0.6 is 0 Å². The number of rotatable bonds is 0. The van der Waals surface area contributed by atoms with E-state index in [1.54, 1.807) is 0 Å². The van der Waals surface area contributed by atoms with Gasteiger partial charge >= 0.3 is 0 Å². The van der Waals surface area contributed by atoms with Crippen molar-refractivity contribution < 1.29 is 14.3 Å². The molecule has 22 heavy (non-hydrogen) atoms. The van der Waals surface area contributed by atoms with Gasteiger partial charge in [0.1, 0.15) is 0 Å². The summed E-state index contributed by atoms with van der Waals surface area (Å²) < 4.78 is 12.3. The Bertz CT molecular complexity index is 836. The van der Waals surface area contributed by atoms with E-state index in [0.717, 1.165) is 47.6 Å². The molecule has 0 saturated heterocycles. The maximum absolute atomic E-state index is 12.8. The van der Waals surface area contributed by atoms with E-state index >= 15 is 0 Å². The van der Waals surface area contributed by atoms with Gasteiger partial charge in [0.2, 0.25) is 11.5 Å². The summed E-state index contributed by atoms with van der Waals surface area (Å²) in [6, 6.07) is 11.9. The van der Waals surface area contributed by atoms with E-state index < -0.39 is 5.79 Å². The predicted molar refractivity (Wildman–Crippen MR) is 83.2 cm³/mol. The van der Waals surface area contributed by atoms with E-state index in [-0.39, 0.29) is 5.78 Å². The van der Waals surface area contributed by atoms with Crippen LogP contribution < -0.4 is 0 Å². The fraction of sp³-hybridized carbons (Fsp3) is 0.316. The lowest BCUT2D eigenvalue weighted by atomic mass is 9.90. The van der Waals surface area contributed by atoms with Crippen molar-refractivity contribution in [2.45, 2.75) is 37.9 Å². The van der Waals surface area contributed by atoms with Crippen LogP contribution in [-0.4, -0.2) is 11.6 Å². The summed E-state index contributed by atoms with van der Waals surface area (Å²) in [5.41, 5.74) is 1.72. The van der Waals surface area contributed by atoms with Gasteiger partial charge in [-0.2, -0.15) is 0 Å². The Morgan fingerprint density at radius 3 is 2.27 bits per heavy atom. The molecule has 0 atom stereocenters. The van der Waals surface area contributed by atoms with Crippen molar-refractivity contribution in [2.75, 3.05) is 0 Å². The average molecular weight is 292 g/mol. The first-order chi connectivity index (χ1) is 10.8. The molecule has 0 aromatic heterocycles. The number of ketones is 1. The van der Waals surface area contributed by atoms with E-state index in [0.29, 0.717) is 11.5 Å². The molecule has 3 nitrogen and oxygen atoms in total. The average Bonchev–Trinajstić information content (AvgIpc) is 2.92. The number of ether oxygens (including phenoxy) is 2. The van der Waals surface area contributed by atoms with Gasteiger partial charge < -0.3 is 9.47 Å². The Morgan fingerprint density at radius 2 is 1.50 bits per heavy atom. The first-order valence-electron chi connectivity index (χ1n) is 7.97. The summed E-state index contributed by atoms with van der Waals surface area (Å²) in [6.45, 7) is 0. The third kappa shape index (κ3) is 1.48. The van der Waals surface area contributed by atoms with Crippen LogP contribution in [0.15, 0.2) is 42.2 Å². The van der Waals surface area contributed by atoms with E-state index in [2.05, 4.69) is 0 Å². The Labute approximate surface area is 128 Å². The maximum Gasteiger partial charge on any atom is 0.251 e. The molecular formula is C19H16O3. The van der Waals surface area contributed by atoms with Crippen LogP contribution in [0.1, 0.15) is 48.0 Å². The van der Waals surface area contributed by atoms with Crippen molar-refractivity contribution in [2.24, 2.45) is 0 Å².